The van der Waals surface area contributed by atoms with E-state index in [9.17, 15) is 19.2 Å². The first-order valence-electron chi connectivity index (χ1n) is 14.1. The highest BCUT2D eigenvalue weighted by Gasteiger charge is 2.30. The van der Waals surface area contributed by atoms with Gasteiger partial charge in [0.15, 0.2) is 5.96 Å². The maximum Gasteiger partial charge on any atom is 0.243 e. The summed E-state index contributed by atoms with van der Waals surface area (Å²) in [5.74, 6) is -2.28. The van der Waals surface area contributed by atoms with Crippen LogP contribution in [0.1, 0.15) is 44.2 Å². The van der Waals surface area contributed by atoms with Gasteiger partial charge in [-0.1, -0.05) is 74.5 Å². The summed E-state index contributed by atoms with van der Waals surface area (Å²) >= 11 is 0. The van der Waals surface area contributed by atoms with E-state index in [2.05, 4.69) is 20.9 Å². The van der Waals surface area contributed by atoms with E-state index in [1.165, 1.54) is 0 Å². The highest BCUT2D eigenvalue weighted by atomic mass is 16.2. The summed E-state index contributed by atoms with van der Waals surface area (Å²) in [6.07, 6.45) is 1.30. The Morgan fingerprint density at radius 3 is 1.69 bits per heavy atom. The Morgan fingerprint density at radius 1 is 0.714 bits per heavy atom. The van der Waals surface area contributed by atoms with Crippen LogP contribution in [0.15, 0.2) is 65.7 Å². The van der Waals surface area contributed by atoms with Gasteiger partial charge in [-0.25, -0.2) is 0 Å². The molecular formula is C30H44N8O4. The molecular weight excluding hydrogens is 536 g/mol. The average Bonchev–Trinajstić information content (AvgIpc) is 2.94. The molecule has 2 rings (SSSR count). The standard InChI is InChI=1S/C30H44N8O4/c1-19(2)16-22(31)27(40)38-25(18-21-12-7-4-8-13-21)29(42)36-23(14-9-15-35-30(33)34)28(41)37-24(26(32)39)17-20-10-5-3-6-11-20/h3-8,10-13,19,22-25H,9,14-18,31H2,1-2H3,(H2,32,39)(H,36,42)(H,37,41)(H,38,40)(H4,33,34,35)/t22-,23-,24-,25-/m0/s1. The number of nitrogens with one attached hydrogen (secondary N) is 3. The van der Waals surface area contributed by atoms with E-state index in [1.54, 1.807) is 0 Å². The van der Waals surface area contributed by atoms with Crippen LogP contribution in [0.5, 0.6) is 0 Å². The Morgan fingerprint density at radius 2 is 1.19 bits per heavy atom. The van der Waals surface area contributed by atoms with Crippen LogP contribution in [0, 0.1) is 5.92 Å². The van der Waals surface area contributed by atoms with Crippen LogP contribution >= 0.6 is 0 Å². The fraction of sp³-hybridized carbons (Fsp3) is 0.433. The second-order valence-electron chi connectivity index (χ2n) is 10.7. The van der Waals surface area contributed by atoms with Gasteiger partial charge < -0.3 is 38.9 Å². The van der Waals surface area contributed by atoms with Crippen molar-refractivity contribution >= 4 is 29.6 Å². The van der Waals surface area contributed by atoms with Crippen LogP contribution in [0.4, 0.5) is 0 Å². The Kier molecular flexibility index (Phi) is 14.0. The zero-order valence-electron chi connectivity index (χ0n) is 24.3. The van der Waals surface area contributed by atoms with Crippen molar-refractivity contribution in [1.29, 1.82) is 0 Å². The van der Waals surface area contributed by atoms with Crippen molar-refractivity contribution in [3.63, 3.8) is 0 Å². The third-order valence-electron chi connectivity index (χ3n) is 6.50. The lowest BCUT2D eigenvalue weighted by Crippen LogP contribution is -2.58. The number of hydrogen-bond donors (Lipinski definition) is 7. The third-order valence-corrected chi connectivity index (χ3v) is 6.50. The van der Waals surface area contributed by atoms with E-state index in [0.29, 0.717) is 12.8 Å². The molecule has 2 aromatic rings. The predicted molar refractivity (Wildman–Crippen MR) is 163 cm³/mol. The van der Waals surface area contributed by atoms with Crippen molar-refractivity contribution < 1.29 is 19.2 Å². The first kappa shape index (κ1) is 33.8. The molecule has 0 unspecified atom stereocenters. The number of nitrogens with two attached hydrogens (primary N) is 4. The van der Waals surface area contributed by atoms with Crippen molar-refractivity contribution in [3.05, 3.63) is 71.8 Å². The third kappa shape index (κ3) is 12.4. The predicted octanol–water partition coefficient (Wildman–Crippen LogP) is -0.161. The molecule has 2 aromatic carbocycles. The quantitative estimate of drug-likeness (QED) is 0.0760. The largest absolute Gasteiger partial charge is 0.370 e. The van der Waals surface area contributed by atoms with Crippen LogP contribution < -0.4 is 38.9 Å². The molecule has 4 amide bonds. The SMILES string of the molecule is CC(C)C[C@H](N)C(=O)N[C@@H](Cc1ccccc1)C(=O)N[C@@H](CCCN=C(N)N)C(=O)N[C@@H](Cc1ccccc1)C(N)=O. The Labute approximate surface area is 247 Å². The molecule has 0 aromatic heterocycles. The molecule has 42 heavy (non-hydrogen) atoms. The molecule has 12 nitrogen and oxygen atoms in total. The summed E-state index contributed by atoms with van der Waals surface area (Å²) in [5.41, 5.74) is 24.1. The van der Waals surface area contributed by atoms with Gasteiger partial charge in [0.1, 0.15) is 18.1 Å². The number of amides is 4. The minimum atomic E-state index is -1.07. The fourth-order valence-electron chi connectivity index (χ4n) is 4.34. The van der Waals surface area contributed by atoms with Crippen LogP contribution in [0.25, 0.3) is 0 Å². The lowest BCUT2D eigenvalue weighted by molar-refractivity contribution is -0.133. The van der Waals surface area contributed by atoms with Crippen LogP contribution in [0.2, 0.25) is 0 Å². The summed E-state index contributed by atoms with van der Waals surface area (Å²) in [4.78, 5) is 56.0. The van der Waals surface area contributed by atoms with Crippen molar-refractivity contribution in [2.24, 2.45) is 33.8 Å². The van der Waals surface area contributed by atoms with Gasteiger partial charge >= 0.3 is 0 Å². The molecule has 0 saturated carbocycles. The first-order chi connectivity index (χ1) is 20.0. The van der Waals surface area contributed by atoms with Crippen molar-refractivity contribution in [2.75, 3.05) is 6.54 Å². The number of aliphatic imine (C=N–C) groups is 1. The molecule has 0 aliphatic carbocycles. The maximum absolute atomic E-state index is 13.6. The number of rotatable bonds is 17. The van der Waals surface area contributed by atoms with Gasteiger partial charge in [-0.3, -0.25) is 24.2 Å². The van der Waals surface area contributed by atoms with Crippen LogP contribution in [-0.4, -0.2) is 60.3 Å². The summed E-state index contributed by atoms with van der Waals surface area (Å²) < 4.78 is 0. The van der Waals surface area contributed by atoms with Crippen molar-refractivity contribution in [3.8, 4) is 0 Å². The van der Waals surface area contributed by atoms with Gasteiger partial charge in [0.05, 0.1) is 6.04 Å². The number of primary amides is 1. The lowest BCUT2D eigenvalue weighted by atomic mass is 10.0. The summed E-state index contributed by atoms with van der Waals surface area (Å²) in [5, 5.41) is 8.17. The molecule has 4 atom stereocenters. The molecule has 0 aliphatic rings. The Balaban J connectivity index is 2.25. The number of carbonyl (C=O) groups is 4. The van der Waals surface area contributed by atoms with Crippen LogP contribution in [0.3, 0.4) is 0 Å². The number of carbonyl (C=O) groups excluding carboxylic acids is 4. The van der Waals surface area contributed by atoms with Crippen molar-refractivity contribution in [2.45, 2.75) is 70.1 Å². The molecule has 11 N–H and O–H groups in total. The monoisotopic (exact) mass is 580 g/mol. The summed E-state index contributed by atoms with van der Waals surface area (Å²) in [6, 6.07) is 14.4. The molecule has 0 heterocycles. The number of benzene rings is 2. The molecule has 0 bridgehead atoms. The summed E-state index contributed by atoms with van der Waals surface area (Å²) in [6.45, 7) is 4.12. The molecule has 0 saturated heterocycles. The second kappa shape index (κ2) is 17.4. The topological polar surface area (TPSA) is 221 Å². The van der Waals surface area contributed by atoms with E-state index in [1.807, 2.05) is 74.5 Å². The van der Waals surface area contributed by atoms with Gasteiger partial charge in [0.2, 0.25) is 23.6 Å². The van der Waals surface area contributed by atoms with Crippen molar-refractivity contribution in [1.82, 2.24) is 16.0 Å². The smallest absolute Gasteiger partial charge is 0.243 e. The van der Waals surface area contributed by atoms with Crippen LogP contribution in [-0.2, 0) is 32.0 Å². The Bertz CT molecular complexity index is 1190. The molecule has 0 aliphatic heterocycles. The number of nitrogens with zero attached hydrogens (tertiary/aromatic N) is 1. The van der Waals surface area contributed by atoms with Gasteiger partial charge in [-0.05, 0) is 36.3 Å². The fourth-order valence-corrected chi connectivity index (χ4v) is 4.34. The summed E-state index contributed by atoms with van der Waals surface area (Å²) in [7, 11) is 0. The Hall–Kier alpha value is -4.45. The number of guanidine groups is 1. The highest BCUT2D eigenvalue weighted by Crippen LogP contribution is 2.09. The molecule has 228 valence electrons. The lowest BCUT2D eigenvalue weighted by Gasteiger charge is -2.26. The van der Waals surface area contributed by atoms with E-state index >= 15 is 0 Å². The average molecular weight is 581 g/mol. The molecule has 0 radical (unpaired) electrons. The number of hydrogen-bond acceptors (Lipinski definition) is 6. The molecule has 0 spiro atoms. The first-order valence-corrected chi connectivity index (χ1v) is 14.1. The zero-order valence-corrected chi connectivity index (χ0v) is 24.3. The van der Waals surface area contributed by atoms with Gasteiger partial charge in [-0.2, -0.15) is 0 Å². The van der Waals surface area contributed by atoms with E-state index in [-0.39, 0.29) is 37.7 Å². The van der Waals surface area contributed by atoms with E-state index in [0.717, 1.165) is 11.1 Å². The molecule has 0 fully saturated rings. The van der Waals surface area contributed by atoms with E-state index in [4.69, 9.17) is 22.9 Å². The normalized spacial score (nSPS) is 13.7. The zero-order chi connectivity index (χ0) is 31.1. The van der Waals surface area contributed by atoms with E-state index < -0.39 is 47.8 Å². The van der Waals surface area contributed by atoms with Gasteiger partial charge in [-0.15, -0.1) is 0 Å². The minimum absolute atomic E-state index is 0.0972. The second-order valence-corrected chi connectivity index (χ2v) is 10.7. The molecule has 12 heteroatoms. The van der Waals surface area contributed by atoms with Gasteiger partial charge in [0, 0.05) is 19.4 Å². The highest BCUT2D eigenvalue weighted by molar-refractivity contribution is 5.94. The van der Waals surface area contributed by atoms with Gasteiger partial charge in [0.25, 0.3) is 0 Å². The maximum atomic E-state index is 13.6. The minimum Gasteiger partial charge on any atom is -0.370 e.